The van der Waals surface area contributed by atoms with Gasteiger partial charge in [-0.1, -0.05) is 46.3 Å². The minimum atomic E-state index is -0.439. The number of carbonyl (C=O) groups is 2. The molecule has 0 saturated carbocycles. The van der Waals surface area contributed by atoms with Gasteiger partial charge in [-0.25, -0.2) is 4.79 Å². The third-order valence-corrected chi connectivity index (χ3v) is 3.87. The molecular formula is C19H13BrO4. The summed E-state index contributed by atoms with van der Waals surface area (Å²) < 4.78 is 11.4. The standard InChI is InChI=1S/C19H13BrO4/c1-12(21)23-17-5-3-2-4-14(17)10-15-11-18(24-19(15)22)13-6-8-16(20)9-7-13/h2-11H,1H3/b15-10+. The molecular weight excluding hydrogens is 372 g/mol. The summed E-state index contributed by atoms with van der Waals surface area (Å²) >= 11 is 3.37. The summed E-state index contributed by atoms with van der Waals surface area (Å²) in [4.78, 5) is 23.3. The van der Waals surface area contributed by atoms with Gasteiger partial charge in [-0.3, -0.25) is 4.79 Å². The summed E-state index contributed by atoms with van der Waals surface area (Å²) in [7, 11) is 0. The van der Waals surface area contributed by atoms with Crippen molar-refractivity contribution < 1.29 is 19.1 Å². The predicted octanol–water partition coefficient (Wildman–Crippen LogP) is 4.36. The number of carbonyl (C=O) groups excluding carboxylic acids is 2. The van der Waals surface area contributed by atoms with Crippen LogP contribution in [0.2, 0.25) is 0 Å². The lowest BCUT2D eigenvalue weighted by atomic mass is 10.1. The van der Waals surface area contributed by atoms with E-state index >= 15 is 0 Å². The fraction of sp³-hybridized carbons (Fsp3) is 0.0526. The van der Waals surface area contributed by atoms with Gasteiger partial charge in [-0.2, -0.15) is 0 Å². The first kappa shape index (κ1) is 16.2. The molecule has 2 aromatic carbocycles. The van der Waals surface area contributed by atoms with E-state index in [4.69, 9.17) is 9.47 Å². The number of benzene rings is 2. The number of para-hydroxylation sites is 1. The van der Waals surface area contributed by atoms with Crippen molar-refractivity contribution in [1.82, 2.24) is 0 Å². The van der Waals surface area contributed by atoms with Crippen LogP contribution in [0.3, 0.4) is 0 Å². The molecule has 0 atom stereocenters. The van der Waals surface area contributed by atoms with Crippen molar-refractivity contribution >= 4 is 39.7 Å². The molecule has 1 heterocycles. The maximum absolute atomic E-state index is 12.1. The minimum Gasteiger partial charge on any atom is -0.426 e. The number of rotatable bonds is 3. The van der Waals surface area contributed by atoms with Crippen molar-refractivity contribution in [2.24, 2.45) is 0 Å². The summed E-state index contributed by atoms with van der Waals surface area (Å²) in [5.74, 6) is 0.0333. The molecule has 2 aromatic rings. The Hall–Kier alpha value is -2.66. The molecule has 3 rings (SSSR count). The summed E-state index contributed by atoms with van der Waals surface area (Å²) in [6.07, 6.45) is 3.32. The average Bonchev–Trinajstić information content (AvgIpc) is 2.90. The zero-order valence-corrected chi connectivity index (χ0v) is 14.4. The number of hydrogen-bond acceptors (Lipinski definition) is 4. The van der Waals surface area contributed by atoms with Crippen LogP contribution in [0.1, 0.15) is 18.1 Å². The maximum atomic E-state index is 12.1. The van der Waals surface area contributed by atoms with E-state index in [9.17, 15) is 9.59 Å². The first-order valence-electron chi connectivity index (χ1n) is 7.22. The smallest absolute Gasteiger partial charge is 0.343 e. The van der Waals surface area contributed by atoms with Crippen LogP contribution in [0.15, 0.2) is 64.7 Å². The second kappa shape index (κ2) is 6.84. The number of cyclic esters (lactones) is 1. The van der Waals surface area contributed by atoms with Crippen LogP contribution < -0.4 is 4.74 Å². The lowest BCUT2D eigenvalue weighted by molar-refractivity contribution is -0.132. The number of hydrogen-bond donors (Lipinski definition) is 0. The second-order valence-electron chi connectivity index (χ2n) is 5.14. The fourth-order valence-electron chi connectivity index (χ4n) is 2.26. The van der Waals surface area contributed by atoms with E-state index in [2.05, 4.69) is 15.9 Å². The summed E-state index contributed by atoms with van der Waals surface area (Å²) in [5.41, 5.74) is 1.84. The van der Waals surface area contributed by atoms with Crippen LogP contribution in [0.4, 0.5) is 0 Å². The highest BCUT2D eigenvalue weighted by molar-refractivity contribution is 9.10. The molecule has 1 aliphatic rings. The molecule has 0 aromatic heterocycles. The van der Waals surface area contributed by atoms with Gasteiger partial charge in [-0.05, 0) is 30.4 Å². The monoisotopic (exact) mass is 384 g/mol. The van der Waals surface area contributed by atoms with Gasteiger partial charge < -0.3 is 9.47 Å². The van der Waals surface area contributed by atoms with E-state index in [1.54, 1.807) is 36.4 Å². The summed E-state index contributed by atoms with van der Waals surface area (Å²) in [6.45, 7) is 1.33. The minimum absolute atomic E-state index is 0.396. The molecule has 0 N–H and O–H groups in total. The third-order valence-electron chi connectivity index (χ3n) is 3.34. The van der Waals surface area contributed by atoms with Gasteiger partial charge >= 0.3 is 11.9 Å². The van der Waals surface area contributed by atoms with Crippen molar-refractivity contribution in [1.29, 1.82) is 0 Å². The summed E-state index contributed by atoms with van der Waals surface area (Å²) in [6, 6.07) is 14.5. The van der Waals surface area contributed by atoms with E-state index in [1.165, 1.54) is 6.92 Å². The first-order valence-corrected chi connectivity index (χ1v) is 8.01. The molecule has 24 heavy (non-hydrogen) atoms. The number of esters is 2. The SMILES string of the molecule is CC(=O)Oc1ccccc1/C=C1\C=C(c2ccc(Br)cc2)OC1=O. The van der Waals surface area contributed by atoms with Gasteiger partial charge in [0.05, 0.1) is 5.57 Å². The van der Waals surface area contributed by atoms with E-state index in [-0.39, 0.29) is 0 Å². The molecule has 4 nitrogen and oxygen atoms in total. The molecule has 0 aliphatic carbocycles. The highest BCUT2D eigenvalue weighted by atomic mass is 79.9. The topological polar surface area (TPSA) is 52.6 Å². The Morgan fingerprint density at radius 1 is 1.12 bits per heavy atom. The van der Waals surface area contributed by atoms with Crippen molar-refractivity contribution in [3.8, 4) is 5.75 Å². The van der Waals surface area contributed by atoms with Gasteiger partial charge in [0.25, 0.3) is 0 Å². The Kier molecular flexibility index (Phi) is 4.62. The predicted molar refractivity (Wildman–Crippen MR) is 93.9 cm³/mol. The number of ether oxygens (including phenoxy) is 2. The molecule has 0 spiro atoms. The Balaban J connectivity index is 1.94. The van der Waals surface area contributed by atoms with Crippen LogP contribution in [0, 0.1) is 0 Å². The molecule has 0 radical (unpaired) electrons. The highest BCUT2D eigenvalue weighted by Crippen LogP contribution is 2.30. The molecule has 0 bridgehead atoms. The van der Waals surface area contributed by atoms with E-state index in [0.29, 0.717) is 22.6 Å². The zero-order chi connectivity index (χ0) is 17.1. The quantitative estimate of drug-likeness (QED) is 0.448. The maximum Gasteiger partial charge on any atom is 0.343 e. The van der Waals surface area contributed by atoms with Crippen LogP contribution in [0.5, 0.6) is 5.75 Å². The molecule has 0 fully saturated rings. The largest absolute Gasteiger partial charge is 0.426 e. The van der Waals surface area contributed by atoms with Crippen LogP contribution in [-0.4, -0.2) is 11.9 Å². The van der Waals surface area contributed by atoms with Gasteiger partial charge in [0.2, 0.25) is 0 Å². The molecule has 1 aliphatic heterocycles. The van der Waals surface area contributed by atoms with Crippen LogP contribution in [0.25, 0.3) is 11.8 Å². The normalized spacial score (nSPS) is 15.2. The molecule has 0 unspecified atom stereocenters. The molecule has 0 amide bonds. The van der Waals surface area contributed by atoms with Crippen molar-refractivity contribution in [3.05, 3.63) is 75.8 Å². The van der Waals surface area contributed by atoms with Crippen molar-refractivity contribution in [3.63, 3.8) is 0 Å². The average molecular weight is 385 g/mol. The second-order valence-corrected chi connectivity index (χ2v) is 6.05. The Morgan fingerprint density at radius 2 is 1.83 bits per heavy atom. The van der Waals surface area contributed by atoms with E-state index < -0.39 is 11.9 Å². The van der Waals surface area contributed by atoms with Gasteiger partial charge in [0, 0.05) is 22.5 Å². The van der Waals surface area contributed by atoms with Gasteiger partial charge in [-0.15, -0.1) is 0 Å². The van der Waals surface area contributed by atoms with Gasteiger partial charge in [0.1, 0.15) is 11.5 Å². The molecule has 5 heteroatoms. The third kappa shape index (κ3) is 3.63. The van der Waals surface area contributed by atoms with Crippen LogP contribution >= 0.6 is 15.9 Å². The van der Waals surface area contributed by atoms with Gasteiger partial charge in [0.15, 0.2) is 0 Å². The van der Waals surface area contributed by atoms with Crippen molar-refractivity contribution in [2.75, 3.05) is 0 Å². The Morgan fingerprint density at radius 3 is 2.54 bits per heavy atom. The molecule has 0 saturated heterocycles. The Labute approximate surface area is 147 Å². The van der Waals surface area contributed by atoms with E-state index in [1.807, 2.05) is 24.3 Å². The Bertz CT molecular complexity index is 863. The zero-order valence-electron chi connectivity index (χ0n) is 12.8. The van der Waals surface area contributed by atoms with Crippen molar-refractivity contribution in [2.45, 2.75) is 6.92 Å². The lowest BCUT2D eigenvalue weighted by Crippen LogP contribution is -2.03. The first-order chi connectivity index (χ1) is 11.5. The lowest BCUT2D eigenvalue weighted by Gasteiger charge is -2.05. The highest BCUT2D eigenvalue weighted by Gasteiger charge is 2.22. The molecule has 120 valence electrons. The van der Waals surface area contributed by atoms with E-state index in [0.717, 1.165) is 10.0 Å². The van der Waals surface area contributed by atoms with Crippen LogP contribution in [-0.2, 0) is 14.3 Å². The fourth-order valence-corrected chi connectivity index (χ4v) is 2.52. The number of halogens is 1. The summed E-state index contributed by atoms with van der Waals surface area (Å²) in [5, 5.41) is 0.